The highest BCUT2D eigenvalue weighted by Gasteiger charge is 2.41. The molecule has 4 rings (SSSR count). The molecule has 3 N–H and O–H groups in total. The molecule has 2 aliphatic carbocycles. The number of halogens is 2. The van der Waals surface area contributed by atoms with Crippen LogP contribution >= 0.6 is 11.9 Å². The van der Waals surface area contributed by atoms with E-state index in [2.05, 4.69) is 32.4 Å². The van der Waals surface area contributed by atoms with Gasteiger partial charge in [0.15, 0.2) is 0 Å². The van der Waals surface area contributed by atoms with Gasteiger partial charge in [0, 0.05) is 16.5 Å². The average Bonchev–Trinajstić information content (AvgIpc) is 3.52. The van der Waals surface area contributed by atoms with Crippen LogP contribution in [0.2, 0.25) is 0 Å². The van der Waals surface area contributed by atoms with E-state index in [1.165, 1.54) is 50.1 Å². The summed E-state index contributed by atoms with van der Waals surface area (Å²) in [5, 5.41) is 5.44. The third-order valence-corrected chi connectivity index (χ3v) is 10.3. The van der Waals surface area contributed by atoms with Crippen molar-refractivity contribution in [2.45, 2.75) is 129 Å². The summed E-state index contributed by atoms with van der Waals surface area (Å²) < 4.78 is 34.1. The molecule has 1 saturated carbocycles. The first-order chi connectivity index (χ1) is 24.8. The predicted molar refractivity (Wildman–Crippen MR) is 207 cm³/mol. The number of aryl methyl sites for hydroxylation is 1. The van der Waals surface area contributed by atoms with Crippen molar-refractivity contribution in [3.8, 4) is 0 Å². The molecule has 1 aromatic carbocycles. The Bertz CT molecular complexity index is 1320. The summed E-state index contributed by atoms with van der Waals surface area (Å²) in [5.41, 5.74) is 0.567. The van der Waals surface area contributed by atoms with Crippen molar-refractivity contribution in [1.29, 1.82) is 0 Å². The van der Waals surface area contributed by atoms with Gasteiger partial charge in [-0.25, -0.2) is 13.6 Å². The molecule has 1 saturated heterocycles. The van der Waals surface area contributed by atoms with Gasteiger partial charge in [0.05, 0.1) is 12.1 Å². The summed E-state index contributed by atoms with van der Waals surface area (Å²) >= 11 is 1.35. The first-order valence-corrected chi connectivity index (χ1v) is 19.6. The zero-order valence-corrected chi connectivity index (χ0v) is 32.9. The third-order valence-electron chi connectivity index (χ3n) is 9.60. The Morgan fingerprint density at radius 3 is 2.40 bits per heavy atom. The molecule has 292 valence electrons. The van der Waals surface area contributed by atoms with Gasteiger partial charge in [0.2, 0.25) is 12.3 Å². The van der Waals surface area contributed by atoms with Crippen LogP contribution in [-0.2, 0) is 19.1 Å². The second kappa shape index (κ2) is 24.1. The van der Waals surface area contributed by atoms with Crippen molar-refractivity contribution < 1.29 is 32.7 Å². The summed E-state index contributed by atoms with van der Waals surface area (Å²) in [6.45, 7) is 9.29. The molecule has 2 fully saturated rings. The number of amides is 3. The van der Waals surface area contributed by atoms with Crippen molar-refractivity contribution in [2.75, 3.05) is 25.6 Å². The van der Waals surface area contributed by atoms with E-state index in [1.54, 1.807) is 39.8 Å². The van der Waals surface area contributed by atoms with Gasteiger partial charge in [-0.2, -0.15) is 0 Å². The molecule has 1 aliphatic heterocycles. The largest absolute Gasteiger partial charge is 0.444 e. The summed E-state index contributed by atoms with van der Waals surface area (Å²) in [7, 11) is 2.03. The fourth-order valence-corrected chi connectivity index (χ4v) is 7.28. The fraction of sp³-hybridized carbons (Fsp3) is 0.650. The molecule has 9 nitrogen and oxygen atoms in total. The number of anilines is 1. The topological polar surface area (TPSA) is 117 Å². The van der Waals surface area contributed by atoms with Gasteiger partial charge in [-0.1, -0.05) is 69.7 Å². The van der Waals surface area contributed by atoms with Crippen LogP contribution in [0.1, 0.15) is 110 Å². The van der Waals surface area contributed by atoms with Crippen molar-refractivity contribution >= 4 is 42.3 Å². The molecule has 4 unspecified atom stereocenters. The number of allylic oxidation sites excluding steroid dienone is 3. The van der Waals surface area contributed by atoms with Crippen molar-refractivity contribution in [2.24, 2.45) is 17.8 Å². The normalized spacial score (nSPS) is 20.1. The lowest BCUT2D eigenvalue weighted by Crippen LogP contribution is -2.43. The number of rotatable bonds is 14. The molecule has 0 aromatic heterocycles. The zero-order chi connectivity index (χ0) is 38.5. The smallest absolute Gasteiger partial charge is 0.407 e. The molecule has 52 heavy (non-hydrogen) atoms. The SMILES string of the molecule is CCC(C=O)CCCC(CF)NC(=O)OC(C)(C)C.Cc1ccc(NC(=O)C2C(C3CCCCC3)CCN2C)cc1F.O=CNSC1=CCCC=C1. The lowest BCUT2D eigenvalue weighted by molar-refractivity contribution is -0.121. The number of nitrogens with one attached hydrogen (secondary N) is 3. The minimum atomic E-state index is -0.628. The first kappa shape index (κ1) is 44.9. The van der Waals surface area contributed by atoms with E-state index >= 15 is 0 Å². The monoisotopic (exact) mass is 748 g/mol. The Morgan fingerprint density at radius 1 is 1.10 bits per heavy atom. The maximum atomic E-state index is 13.7. The van der Waals surface area contributed by atoms with E-state index in [-0.39, 0.29) is 23.7 Å². The lowest BCUT2D eigenvalue weighted by Gasteiger charge is -2.32. The van der Waals surface area contributed by atoms with E-state index in [1.807, 2.05) is 20.0 Å². The number of alkyl halides is 1. The highest BCUT2D eigenvalue weighted by molar-refractivity contribution is 8.01. The quantitative estimate of drug-likeness (QED) is 0.129. The zero-order valence-electron chi connectivity index (χ0n) is 32.1. The predicted octanol–water partition coefficient (Wildman–Crippen LogP) is 8.83. The van der Waals surface area contributed by atoms with Gasteiger partial charge >= 0.3 is 6.09 Å². The molecule has 0 spiro atoms. The standard InChI is InChI=1S/C19H27FN2O.C14H26FNO3.C7H9NOS/c1-13-8-9-15(12-17(13)20)21-19(23)18-16(10-11-22(18)2)14-6-4-3-5-7-14;1-5-11(10-17)7-6-8-12(9-15)16-13(18)19-14(2,3)4;9-6-8-10-7-4-2-1-3-5-7/h8-9,12,14,16,18H,3-7,10-11H2,1-2H3,(H,21,23);10-12H,5-9H2,1-4H3,(H,16,18);2,4-6H,1,3H2,(H,8,9). The van der Waals surface area contributed by atoms with Crippen LogP contribution in [0.5, 0.6) is 0 Å². The van der Waals surface area contributed by atoms with Gasteiger partial charge in [0.1, 0.15) is 24.4 Å². The van der Waals surface area contributed by atoms with Crippen LogP contribution < -0.4 is 15.4 Å². The maximum absolute atomic E-state index is 13.7. The molecule has 0 bridgehead atoms. The molecular formula is C40H62F2N4O5S. The van der Waals surface area contributed by atoms with E-state index in [4.69, 9.17) is 4.74 Å². The molecule has 4 atom stereocenters. The molecular weight excluding hydrogens is 687 g/mol. The second-order valence-corrected chi connectivity index (χ2v) is 15.8. The molecule has 1 heterocycles. The second-order valence-electron chi connectivity index (χ2n) is 14.9. The van der Waals surface area contributed by atoms with Crippen molar-refractivity contribution in [1.82, 2.24) is 14.9 Å². The van der Waals surface area contributed by atoms with Crippen LogP contribution in [0, 0.1) is 30.5 Å². The van der Waals surface area contributed by atoms with Gasteiger partial charge in [-0.05, 0) is 121 Å². The van der Waals surface area contributed by atoms with Crippen LogP contribution in [0.25, 0.3) is 0 Å². The van der Waals surface area contributed by atoms with Crippen molar-refractivity contribution in [3.63, 3.8) is 0 Å². The van der Waals surface area contributed by atoms with Crippen molar-refractivity contribution in [3.05, 3.63) is 52.7 Å². The van der Waals surface area contributed by atoms with Crippen LogP contribution in [0.3, 0.4) is 0 Å². The van der Waals surface area contributed by atoms with E-state index in [9.17, 15) is 28.0 Å². The summed E-state index contributed by atoms with van der Waals surface area (Å²) in [4.78, 5) is 48.1. The number of nitrogens with zero attached hydrogens (tertiary/aromatic N) is 1. The fourth-order valence-electron chi connectivity index (χ4n) is 6.73. The summed E-state index contributed by atoms with van der Waals surface area (Å²) in [5.74, 6) is 0.881. The number of carbonyl (C=O) groups excluding carboxylic acids is 4. The maximum Gasteiger partial charge on any atom is 0.407 e. The van der Waals surface area contributed by atoms with E-state index in [0.29, 0.717) is 42.3 Å². The molecule has 0 radical (unpaired) electrons. The Labute approximate surface area is 314 Å². The van der Waals surface area contributed by atoms with E-state index in [0.717, 1.165) is 49.8 Å². The van der Waals surface area contributed by atoms with Gasteiger partial charge in [0.25, 0.3) is 0 Å². The van der Waals surface area contributed by atoms with Crippen LogP contribution in [0.4, 0.5) is 19.3 Å². The Balaban J connectivity index is 0.000000291. The minimum absolute atomic E-state index is 0.0174. The third kappa shape index (κ3) is 17.1. The number of alkyl carbamates (subject to hydrolysis) is 1. The Hall–Kier alpha value is -3.25. The molecule has 3 aliphatic rings. The molecule has 12 heteroatoms. The highest BCUT2D eigenvalue weighted by Crippen LogP contribution is 2.38. The Morgan fingerprint density at radius 2 is 1.83 bits per heavy atom. The summed E-state index contributed by atoms with van der Waals surface area (Å²) in [6, 6.07) is 4.28. The van der Waals surface area contributed by atoms with Gasteiger partial charge < -0.3 is 20.2 Å². The number of hydrogen-bond acceptors (Lipinski definition) is 7. The number of benzene rings is 1. The number of ether oxygens (including phenoxy) is 1. The average molecular weight is 749 g/mol. The lowest BCUT2D eigenvalue weighted by atomic mass is 9.76. The first-order valence-electron chi connectivity index (χ1n) is 18.8. The van der Waals surface area contributed by atoms with Crippen LogP contribution in [0.15, 0.2) is 41.3 Å². The minimum Gasteiger partial charge on any atom is -0.444 e. The highest BCUT2D eigenvalue weighted by atomic mass is 32.2. The number of hydrogen-bond donors (Lipinski definition) is 3. The van der Waals surface area contributed by atoms with Gasteiger partial charge in [-0.15, -0.1) is 0 Å². The number of likely N-dealkylation sites (N-methyl/N-ethyl adjacent to an activating group) is 1. The van der Waals surface area contributed by atoms with Crippen LogP contribution in [-0.4, -0.2) is 67.5 Å². The van der Waals surface area contributed by atoms with Gasteiger partial charge in [-0.3, -0.25) is 19.2 Å². The van der Waals surface area contributed by atoms with E-state index < -0.39 is 24.4 Å². The number of aldehydes is 1. The Kier molecular flexibility index (Phi) is 20.8. The number of likely N-dealkylation sites (tertiary alicyclic amines) is 1. The number of carbonyl (C=O) groups is 4. The summed E-state index contributed by atoms with van der Waals surface area (Å²) in [6.07, 6.45) is 19.7. The molecule has 1 aromatic rings. The molecule has 3 amide bonds.